The largest absolute Gasteiger partial charge is 0.351 e. The van der Waals surface area contributed by atoms with Crippen LogP contribution in [0, 0.1) is 10.1 Å². The normalized spacial score (nSPS) is 22.8. The molecule has 2 rings (SSSR count). The zero-order valence-corrected chi connectivity index (χ0v) is 12.4. The van der Waals surface area contributed by atoms with Crippen molar-refractivity contribution in [1.82, 2.24) is 9.78 Å². The van der Waals surface area contributed by atoms with Gasteiger partial charge in [0.05, 0.1) is 4.92 Å². The van der Waals surface area contributed by atoms with E-state index >= 15 is 0 Å². The van der Waals surface area contributed by atoms with Crippen LogP contribution >= 0.6 is 0 Å². The quantitative estimate of drug-likeness (QED) is 0.668. The van der Waals surface area contributed by atoms with Gasteiger partial charge in [-0.1, -0.05) is 6.92 Å². The Labute approximate surface area is 118 Å². The molecule has 7 nitrogen and oxygen atoms in total. The molecule has 1 heterocycles. The summed E-state index contributed by atoms with van der Waals surface area (Å²) in [6.45, 7) is 1.89. The number of nitrogens with two attached hydrogens (primary N) is 1. The van der Waals surface area contributed by atoms with Crippen LogP contribution in [-0.2, 0) is 13.5 Å². The molecule has 0 bridgehead atoms. The monoisotopic (exact) mass is 281 g/mol. The van der Waals surface area contributed by atoms with Crippen molar-refractivity contribution in [3.63, 3.8) is 0 Å². The smallest absolute Gasteiger partial charge is 0.334 e. The Morgan fingerprint density at radius 3 is 2.55 bits per heavy atom. The van der Waals surface area contributed by atoms with E-state index in [2.05, 4.69) is 5.10 Å². The lowest BCUT2D eigenvalue weighted by Crippen LogP contribution is -2.39. The van der Waals surface area contributed by atoms with E-state index in [4.69, 9.17) is 5.73 Å². The summed E-state index contributed by atoms with van der Waals surface area (Å²) in [6, 6.07) is 0.570. The average molecular weight is 281 g/mol. The number of hydrogen-bond donors (Lipinski definition) is 1. The van der Waals surface area contributed by atoms with Crippen LogP contribution < -0.4 is 10.6 Å². The predicted octanol–water partition coefficient (Wildman–Crippen LogP) is 1.60. The fraction of sp³-hybridized carbons (Fsp3) is 0.769. The Kier molecular flexibility index (Phi) is 4.27. The second-order valence-electron chi connectivity index (χ2n) is 5.53. The van der Waals surface area contributed by atoms with Crippen LogP contribution in [0.3, 0.4) is 0 Å². The van der Waals surface area contributed by atoms with Gasteiger partial charge in [0, 0.05) is 26.2 Å². The van der Waals surface area contributed by atoms with Crippen molar-refractivity contribution in [2.45, 2.75) is 51.1 Å². The first kappa shape index (κ1) is 14.8. The third kappa shape index (κ3) is 2.63. The average Bonchev–Trinajstić information content (AvgIpc) is 2.75. The lowest BCUT2D eigenvalue weighted by Gasteiger charge is -2.34. The highest BCUT2D eigenvalue weighted by Crippen LogP contribution is 2.34. The van der Waals surface area contributed by atoms with E-state index in [9.17, 15) is 10.1 Å². The minimum atomic E-state index is -0.313. The maximum absolute atomic E-state index is 11.4. The number of aryl methyl sites for hydroxylation is 2. The van der Waals surface area contributed by atoms with Crippen LogP contribution in [0.5, 0.6) is 0 Å². The van der Waals surface area contributed by atoms with E-state index in [1.165, 1.54) is 0 Å². The van der Waals surface area contributed by atoms with Crippen molar-refractivity contribution in [3.8, 4) is 0 Å². The lowest BCUT2D eigenvalue weighted by atomic mass is 9.91. The van der Waals surface area contributed by atoms with E-state index in [-0.39, 0.29) is 16.7 Å². The molecule has 1 aromatic rings. The second-order valence-corrected chi connectivity index (χ2v) is 5.53. The fourth-order valence-corrected chi connectivity index (χ4v) is 3.04. The van der Waals surface area contributed by atoms with Gasteiger partial charge in [0.1, 0.15) is 5.69 Å². The molecule has 0 atom stereocenters. The molecule has 0 radical (unpaired) electrons. The van der Waals surface area contributed by atoms with Crippen LogP contribution in [0.1, 0.15) is 38.3 Å². The van der Waals surface area contributed by atoms with E-state index in [1.807, 2.05) is 18.9 Å². The second kappa shape index (κ2) is 5.78. The highest BCUT2D eigenvalue weighted by atomic mass is 16.6. The summed E-state index contributed by atoms with van der Waals surface area (Å²) in [5.74, 6) is 0.604. The molecule has 0 aromatic carbocycles. The standard InChI is InChI=1S/C13H23N5O2/c1-4-11-12(18(19)20)13(17(3)15-11)16(2)10-7-5-9(14)6-8-10/h9-10H,4-8,14H2,1-3H3. The van der Waals surface area contributed by atoms with Crippen LogP contribution in [0.25, 0.3) is 0 Å². The summed E-state index contributed by atoms with van der Waals surface area (Å²) in [6.07, 6.45) is 4.46. The summed E-state index contributed by atoms with van der Waals surface area (Å²) in [7, 11) is 3.69. The van der Waals surface area contributed by atoms with Crippen molar-refractivity contribution in [3.05, 3.63) is 15.8 Å². The predicted molar refractivity (Wildman–Crippen MR) is 77.9 cm³/mol. The molecule has 20 heavy (non-hydrogen) atoms. The SMILES string of the molecule is CCc1nn(C)c(N(C)C2CCC(N)CC2)c1[N+](=O)[O-]. The van der Waals surface area contributed by atoms with Gasteiger partial charge in [-0.3, -0.25) is 10.1 Å². The number of nitrogens with zero attached hydrogens (tertiary/aromatic N) is 4. The third-order valence-corrected chi connectivity index (χ3v) is 4.20. The first-order valence-electron chi connectivity index (χ1n) is 7.14. The van der Waals surface area contributed by atoms with Gasteiger partial charge >= 0.3 is 5.69 Å². The first-order valence-corrected chi connectivity index (χ1v) is 7.14. The molecule has 1 aliphatic carbocycles. The summed E-state index contributed by atoms with van der Waals surface area (Å²) < 4.78 is 1.63. The molecule has 7 heteroatoms. The Morgan fingerprint density at radius 1 is 1.45 bits per heavy atom. The van der Waals surface area contributed by atoms with Gasteiger partial charge in [0.2, 0.25) is 5.82 Å². The molecular weight excluding hydrogens is 258 g/mol. The van der Waals surface area contributed by atoms with Gasteiger partial charge in [-0.05, 0) is 32.1 Å². The maximum Gasteiger partial charge on any atom is 0.334 e. The maximum atomic E-state index is 11.4. The Balaban J connectivity index is 2.31. The lowest BCUT2D eigenvalue weighted by molar-refractivity contribution is -0.384. The van der Waals surface area contributed by atoms with Gasteiger partial charge in [-0.25, -0.2) is 4.68 Å². The third-order valence-electron chi connectivity index (χ3n) is 4.20. The van der Waals surface area contributed by atoms with E-state index < -0.39 is 0 Å². The molecule has 2 N–H and O–H groups in total. The van der Waals surface area contributed by atoms with Crippen molar-refractivity contribution < 1.29 is 4.92 Å². The minimum absolute atomic E-state index is 0.146. The van der Waals surface area contributed by atoms with Gasteiger partial charge in [-0.2, -0.15) is 5.10 Å². The molecule has 0 aliphatic heterocycles. The van der Waals surface area contributed by atoms with Crippen molar-refractivity contribution in [1.29, 1.82) is 0 Å². The van der Waals surface area contributed by atoms with Crippen LogP contribution in [0.2, 0.25) is 0 Å². The molecule has 1 aromatic heterocycles. The van der Waals surface area contributed by atoms with E-state index in [0.717, 1.165) is 25.7 Å². The Bertz CT molecular complexity index is 491. The van der Waals surface area contributed by atoms with Gasteiger partial charge in [0.25, 0.3) is 0 Å². The van der Waals surface area contributed by atoms with E-state index in [0.29, 0.717) is 24.0 Å². The first-order chi connectivity index (χ1) is 9.45. The fourth-order valence-electron chi connectivity index (χ4n) is 3.04. The molecule has 0 unspecified atom stereocenters. The molecular formula is C13H23N5O2. The topological polar surface area (TPSA) is 90.2 Å². The Hall–Kier alpha value is -1.63. The number of anilines is 1. The van der Waals surface area contributed by atoms with Crippen molar-refractivity contribution >= 4 is 11.5 Å². The van der Waals surface area contributed by atoms with Crippen molar-refractivity contribution in [2.75, 3.05) is 11.9 Å². The number of aromatic nitrogens is 2. The summed E-state index contributed by atoms with van der Waals surface area (Å²) in [5.41, 5.74) is 6.62. The zero-order valence-electron chi connectivity index (χ0n) is 12.4. The molecule has 1 aliphatic rings. The summed E-state index contributed by atoms with van der Waals surface area (Å²) in [5, 5.41) is 15.6. The van der Waals surface area contributed by atoms with Crippen LogP contribution in [0.15, 0.2) is 0 Å². The molecule has 1 fully saturated rings. The molecule has 0 amide bonds. The molecule has 1 saturated carbocycles. The van der Waals surface area contributed by atoms with E-state index in [1.54, 1.807) is 11.7 Å². The number of hydrogen-bond acceptors (Lipinski definition) is 5. The minimum Gasteiger partial charge on any atom is -0.351 e. The van der Waals surface area contributed by atoms with Crippen LogP contribution in [-0.4, -0.2) is 33.8 Å². The highest BCUT2D eigenvalue weighted by molar-refractivity contribution is 5.61. The summed E-state index contributed by atoms with van der Waals surface area (Å²) in [4.78, 5) is 13.1. The van der Waals surface area contributed by atoms with Gasteiger partial charge in [0.15, 0.2) is 0 Å². The number of nitro groups is 1. The van der Waals surface area contributed by atoms with Crippen molar-refractivity contribution in [2.24, 2.45) is 12.8 Å². The zero-order chi connectivity index (χ0) is 14.9. The molecule has 0 spiro atoms. The molecule has 0 saturated heterocycles. The van der Waals surface area contributed by atoms with Crippen LogP contribution in [0.4, 0.5) is 11.5 Å². The summed E-state index contributed by atoms with van der Waals surface area (Å²) >= 11 is 0. The number of rotatable bonds is 4. The molecule has 112 valence electrons. The Morgan fingerprint density at radius 2 is 2.05 bits per heavy atom. The van der Waals surface area contributed by atoms with Gasteiger partial charge < -0.3 is 10.6 Å². The van der Waals surface area contributed by atoms with Gasteiger partial charge in [-0.15, -0.1) is 0 Å². The highest BCUT2D eigenvalue weighted by Gasteiger charge is 2.32.